The van der Waals surface area contributed by atoms with Gasteiger partial charge in [0.05, 0.1) is 15.6 Å². The summed E-state index contributed by atoms with van der Waals surface area (Å²) in [4.78, 5) is 0. The van der Waals surface area contributed by atoms with E-state index in [9.17, 15) is 13.2 Å². The minimum atomic E-state index is -4.48. The summed E-state index contributed by atoms with van der Waals surface area (Å²) in [5.41, 5.74) is 5.46. The average Bonchev–Trinajstić information content (AvgIpc) is 2.45. The van der Waals surface area contributed by atoms with Crippen LogP contribution >= 0.6 is 34.8 Å². The highest BCUT2D eigenvalue weighted by Gasteiger charge is 2.38. The van der Waals surface area contributed by atoms with E-state index in [-0.39, 0.29) is 33.6 Å². The standard InChI is InChI=1S/C15H13Cl3F3N/c16-11-5-4-9(13(17)14(11)18)12-8(6-7-22)2-1-3-10(12)15(19,20)21/h1-3,5,9H,4,6-7,22H2. The first-order chi connectivity index (χ1) is 10.3. The van der Waals surface area contributed by atoms with Crippen molar-refractivity contribution in [3.63, 3.8) is 0 Å². The summed E-state index contributed by atoms with van der Waals surface area (Å²) in [6, 6.07) is 4.06. The molecular formula is C15H13Cl3F3N. The van der Waals surface area contributed by atoms with Gasteiger partial charge in [0.2, 0.25) is 0 Å². The molecule has 1 nitrogen and oxygen atoms in total. The van der Waals surface area contributed by atoms with Crippen molar-refractivity contribution in [2.24, 2.45) is 5.73 Å². The molecule has 0 heterocycles. The van der Waals surface area contributed by atoms with Gasteiger partial charge in [-0.1, -0.05) is 53.0 Å². The fourth-order valence-electron chi connectivity index (χ4n) is 2.57. The molecule has 1 aromatic carbocycles. The highest BCUT2D eigenvalue weighted by atomic mass is 35.5. The molecule has 0 saturated heterocycles. The molecule has 0 fully saturated rings. The quantitative estimate of drug-likeness (QED) is 0.746. The van der Waals surface area contributed by atoms with Crippen LogP contribution in [0, 0.1) is 0 Å². The van der Waals surface area contributed by atoms with E-state index in [4.69, 9.17) is 40.5 Å². The number of nitrogens with two attached hydrogens (primary N) is 1. The first-order valence-corrected chi connectivity index (χ1v) is 7.71. The molecule has 1 aliphatic carbocycles. The van der Waals surface area contributed by atoms with E-state index < -0.39 is 17.7 Å². The summed E-state index contributed by atoms with van der Waals surface area (Å²) in [5, 5.41) is 0.479. The van der Waals surface area contributed by atoms with Crippen LogP contribution in [0.15, 0.2) is 39.4 Å². The summed E-state index contributed by atoms with van der Waals surface area (Å²) < 4.78 is 40.1. The Hall–Kier alpha value is -0.680. The number of rotatable bonds is 3. The third-order valence-electron chi connectivity index (χ3n) is 3.52. The fourth-order valence-corrected chi connectivity index (χ4v) is 3.32. The number of alkyl halides is 3. The molecule has 0 aliphatic heterocycles. The van der Waals surface area contributed by atoms with Gasteiger partial charge in [-0.25, -0.2) is 0 Å². The van der Waals surface area contributed by atoms with E-state index >= 15 is 0 Å². The topological polar surface area (TPSA) is 26.0 Å². The van der Waals surface area contributed by atoms with Gasteiger partial charge in [0.25, 0.3) is 0 Å². The fraction of sp³-hybridized carbons (Fsp3) is 0.333. The van der Waals surface area contributed by atoms with Crippen molar-refractivity contribution in [1.29, 1.82) is 0 Å². The van der Waals surface area contributed by atoms with Gasteiger partial charge in [-0.05, 0) is 36.6 Å². The number of allylic oxidation sites excluding steroid dienone is 4. The van der Waals surface area contributed by atoms with Crippen molar-refractivity contribution >= 4 is 34.8 Å². The second-order valence-corrected chi connectivity index (χ2v) is 6.11. The lowest BCUT2D eigenvalue weighted by molar-refractivity contribution is -0.138. The average molecular weight is 371 g/mol. The molecule has 1 atom stereocenters. The predicted molar refractivity (Wildman–Crippen MR) is 84.2 cm³/mol. The van der Waals surface area contributed by atoms with E-state index in [0.29, 0.717) is 12.0 Å². The van der Waals surface area contributed by atoms with Crippen LogP contribution in [0.25, 0.3) is 0 Å². The van der Waals surface area contributed by atoms with Gasteiger partial charge in [0.15, 0.2) is 0 Å². The lowest BCUT2D eigenvalue weighted by atomic mass is 9.84. The molecule has 1 unspecified atom stereocenters. The SMILES string of the molecule is NCCc1cccc(C(F)(F)F)c1C1CC=C(Cl)C(Cl)=C1Cl. The van der Waals surface area contributed by atoms with Crippen molar-refractivity contribution in [2.75, 3.05) is 6.54 Å². The Morgan fingerprint density at radius 3 is 2.45 bits per heavy atom. The molecule has 7 heteroatoms. The van der Waals surface area contributed by atoms with Crippen LogP contribution in [0.2, 0.25) is 0 Å². The van der Waals surface area contributed by atoms with Gasteiger partial charge in [-0.3, -0.25) is 0 Å². The minimum Gasteiger partial charge on any atom is -0.330 e. The van der Waals surface area contributed by atoms with Crippen molar-refractivity contribution in [2.45, 2.75) is 24.9 Å². The summed E-state index contributed by atoms with van der Waals surface area (Å²) in [7, 11) is 0. The lowest BCUT2D eigenvalue weighted by Gasteiger charge is -2.26. The highest BCUT2D eigenvalue weighted by Crippen LogP contribution is 2.47. The van der Waals surface area contributed by atoms with Crippen molar-refractivity contribution in [1.82, 2.24) is 0 Å². The first-order valence-electron chi connectivity index (χ1n) is 6.57. The smallest absolute Gasteiger partial charge is 0.330 e. The third kappa shape index (κ3) is 3.46. The summed E-state index contributed by atoms with van der Waals surface area (Å²) in [6.45, 7) is 0.243. The van der Waals surface area contributed by atoms with Crippen LogP contribution in [0.4, 0.5) is 13.2 Å². The molecule has 2 N–H and O–H groups in total. The van der Waals surface area contributed by atoms with Gasteiger partial charge in [-0.15, -0.1) is 0 Å². The van der Waals surface area contributed by atoms with E-state index in [1.165, 1.54) is 6.07 Å². The van der Waals surface area contributed by atoms with Gasteiger partial charge in [0, 0.05) is 11.0 Å². The predicted octanol–water partition coefficient (Wildman–Crippen LogP) is 5.51. The Kier molecular flexibility index (Phi) is 5.49. The lowest BCUT2D eigenvalue weighted by Crippen LogP contribution is -2.17. The molecule has 120 valence electrons. The number of benzene rings is 1. The van der Waals surface area contributed by atoms with Gasteiger partial charge < -0.3 is 5.73 Å². The number of hydrogen-bond acceptors (Lipinski definition) is 1. The summed E-state index contributed by atoms with van der Waals surface area (Å²) >= 11 is 18.1. The number of halogens is 6. The molecule has 22 heavy (non-hydrogen) atoms. The minimum absolute atomic E-state index is 0.0928. The van der Waals surface area contributed by atoms with Crippen molar-refractivity contribution in [3.05, 3.63) is 56.1 Å². The molecule has 0 aromatic heterocycles. The molecule has 0 amide bonds. The second kappa shape index (κ2) is 6.83. The van der Waals surface area contributed by atoms with E-state index in [1.54, 1.807) is 12.1 Å². The molecule has 0 bridgehead atoms. The third-order valence-corrected chi connectivity index (χ3v) is 4.92. The maximum absolute atomic E-state index is 13.4. The molecule has 0 spiro atoms. The molecule has 1 aromatic rings. The zero-order valence-corrected chi connectivity index (χ0v) is 13.6. The normalized spacial score (nSPS) is 19.4. The van der Waals surface area contributed by atoms with Crippen LogP contribution < -0.4 is 5.73 Å². The Balaban J connectivity index is 2.63. The van der Waals surface area contributed by atoms with E-state index in [1.807, 2.05) is 0 Å². The van der Waals surface area contributed by atoms with Gasteiger partial charge in [-0.2, -0.15) is 13.2 Å². The number of hydrogen-bond donors (Lipinski definition) is 1. The molecule has 0 saturated carbocycles. The van der Waals surface area contributed by atoms with Gasteiger partial charge in [0.1, 0.15) is 0 Å². The molecule has 2 rings (SSSR count). The molecular weight excluding hydrogens is 358 g/mol. The summed E-state index contributed by atoms with van der Waals surface area (Å²) in [6.07, 6.45) is -2.30. The molecule has 1 aliphatic rings. The maximum atomic E-state index is 13.4. The largest absolute Gasteiger partial charge is 0.416 e. The highest BCUT2D eigenvalue weighted by molar-refractivity contribution is 6.48. The maximum Gasteiger partial charge on any atom is 0.416 e. The first kappa shape index (κ1) is 17.7. The van der Waals surface area contributed by atoms with Crippen LogP contribution in [0.5, 0.6) is 0 Å². The zero-order valence-electron chi connectivity index (χ0n) is 11.4. The van der Waals surface area contributed by atoms with Crippen LogP contribution in [0.1, 0.15) is 29.0 Å². The summed E-state index contributed by atoms with van der Waals surface area (Å²) in [5.74, 6) is -0.670. The van der Waals surface area contributed by atoms with Crippen LogP contribution in [0.3, 0.4) is 0 Å². The van der Waals surface area contributed by atoms with Crippen LogP contribution in [-0.2, 0) is 12.6 Å². The van der Waals surface area contributed by atoms with Crippen LogP contribution in [-0.4, -0.2) is 6.54 Å². The Morgan fingerprint density at radius 1 is 1.18 bits per heavy atom. The van der Waals surface area contributed by atoms with E-state index in [0.717, 1.165) is 6.07 Å². The second-order valence-electron chi connectivity index (χ2n) is 4.92. The Bertz CT molecular complexity index is 635. The van der Waals surface area contributed by atoms with Gasteiger partial charge >= 0.3 is 6.18 Å². The monoisotopic (exact) mass is 369 g/mol. The Morgan fingerprint density at radius 2 is 1.86 bits per heavy atom. The zero-order chi connectivity index (χ0) is 16.5. The van der Waals surface area contributed by atoms with E-state index in [2.05, 4.69) is 0 Å². The molecule has 0 radical (unpaired) electrons. The van der Waals surface area contributed by atoms with Crippen molar-refractivity contribution in [3.8, 4) is 0 Å². The Labute approximate surface area is 141 Å². The van der Waals surface area contributed by atoms with Crippen molar-refractivity contribution < 1.29 is 13.2 Å².